The molecule has 2 N–H and O–H groups in total. The highest BCUT2D eigenvalue weighted by molar-refractivity contribution is 7.17. The number of nitrogens with one attached hydrogen (secondary N) is 2. The van der Waals surface area contributed by atoms with Gasteiger partial charge >= 0.3 is 11.8 Å². The van der Waals surface area contributed by atoms with Crippen molar-refractivity contribution in [2.45, 2.75) is 19.9 Å². The number of nitrogens with zero attached hydrogens (tertiary/aromatic N) is 3. The second-order valence-corrected chi connectivity index (χ2v) is 7.51. The lowest BCUT2D eigenvalue weighted by Gasteiger charge is -2.26. The monoisotopic (exact) mass is 401 g/mol. The number of amides is 2. The van der Waals surface area contributed by atoms with Crippen molar-refractivity contribution < 1.29 is 14.3 Å². The van der Waals surface area contributed by atoms with Crippen LogP contribution in [0.2, 0.25) is 0 Å². The van der Waals surface area contributed by atoms with Gasteiger partial charge in [0.15, 0.2) is 5.13 Å². The standard InChI is InChI=1S/C19H23N5O3S/c1-13(2)21-17(25)18(26)23-20-12-15-16(14-6-4-3-5-7-14)22-19(28-15)24-8-10-27-11-9-24/h3-7,12-13H,8-11H2,1-2H3,(H,21,25)(H,23,26)/b20-12-. The number of hydrogen-bond donors (Lipinski definition) is 2. The molecule has 0 unspecified atom stereocenters. The molecule has 0 saturated carbocycles. The number of aromatic nitrogens is 1. The van der Waals surface area contributed by atoms with Crippen molar-refractivity contribution in [1.82, 2.24) is 15.7 Å². The summed E-state index contributed by atoms with van der Waals surface area (Å²) in [5.74, 6) is -1.52. The van der Waals surface area contributed by atoms with Gasteiger partial charge in [0.05, 0.1) is 30.0 Å². The van der Waals surface area contributed by atoms with Gasteiger partial charge in [-0.3, -0.25) is 9.59 Å². The van der Waals surface area contributed by atoms with Crippen LogP contribution in [0.4, 0.5) is 5.13 Å². The molecule has 1 aliphatic heterocycles. The van der Waals surface area contributed by atoms with Gasteiger partial charge in [0.1, 0.15) is 0 Å². The lowest BCUT2D eigenvalue weighted by atomic mass is 10.1. The third-order valence-corrected chi connectivity index (χ3v) is 5.00. The van der Waals surface area contributed by atoms with E-state index in [0.717, 1.165) is 34.4 Å². The Morgan fingerprint density at radius 2 is 1.93 bits per heavy atom. The molecule has 0 spiro atoms. The van der Waals surface area contributed by atoms with Crippen molar-refractivity contribution in [1.29, 1.82) is 0 Å². The normalized spacial score (nSPS) is 14.5. The summed E-state index contributed by atoms with van der Waals surface area (Å²) >= 11 is 1.49. The molecule has 0 aliphatic carbocycles. The van der Waals surface area contributed by atoms with Gasteiger partial charge in [-0.05, 0) is 13.8 Å². The van der Waals surface area contributed by atoms with E-state index in [1.807, 2.05) is 30.3 Å². The quantitative estimate of drug-likeness (QED) is 0.451. The summed E-state index contributed by atoms with van der Waals surface area (Å²) in [5, 5.41) is 7.36. The molecule has 148 valence electrons. The number of carbonyl (C=O) groups excluding carboxylic acids is 2. The maximum Gasteiger partial charge on any atom is 0.329 e. The summed E-state index contributed by atoms with van der Waals surface area (Å²) in [6, 6.07) is 9.67. The summed E-state index contributed by atoms with van der Waals surface area (Å²) in [7, 11) is 0. The molecule has 1 aromatic carbocycles. The zero-order valence-electron chi connectivity index (χ0n) is 15.8. The first-order valence-electron chi connectivity index (χ1n) is 9.07. The van der Waals surface area contributed by atoms with Crippen molar-refractivity contribution in [2.24, 2.45) is 5.10 Å². The Kier molecular flexibility index (Phi) is 6.72. The molecule has 1 aromatic heterocycles. The number of benzene rings is 1. The number of anilines is 1. The van der Waals surface area contributed by atoms with Crippen LogP contribution in [-0.2, 0) is 14.3 Å². The Hall–Kier alpha value is -2.78. The average Bonchev–Trinajstić information content (AvgIpc) is 3.13. The highest BCUT2D eigenvalue weighted by Crippen LogP contribution is 2.32. The molecule has 2 aromatic rings. The van der Waals surface area contributed by atoms with E-state index in [1.165, 1.54) is 17.6 Å². The van der Waals surface area contributed by atoms with Crippen molar-refractivity contribution >= 4 is 34.5 Å². The van der Waals surface area contributed by atoms with E-state index < -0.39 is 11.8 Å². The second kappa shape index (κ2) is 9.43. The molecule has 0 bridgehead atoms. The van der Waals surface area contributed by atoms with Gasteiger partial charge in [0, 0.05) is 24.7 Å². The molecular weight excluding hydrogens is 378 g/mol. The van der Waals surface area contributed by atoms with Gasteiger partial charge in [-0.1, -0.05) is 41.7 Å². The van der Waals surface area contributed by atoms with E-state index in [1.54, 1.807) is 13.8 Å². The Morgan fingerprint density at radius 1 is 1.21 bits per heavy atom. The van der Waals surface area contributed by atoms with E-state index in [9.17, 15) is 9.59 Å². The number of carbonyl (C=O) groups is 2. The molecule has 9 heteroatoms. The summed E-state index contributed by atoms with van der Waals surface area (Å²) in [4.78, 5) is 31.2. The molecular formula is C19H23N5O3S. The molecule has 1 aliphatic rings. The largest absolute Gasteiger partial charge is 0.378 e. The fourth-order valence-corrected chi connectivity index (χ4v) is 3.64. The second-order valence-electron chi connectivity index (χ2n) is 6.50. The fraction of sp³-hybridized carbons (Fsp3) is 0.368. The predicted molar refractivity (Wildman–Crippen MR) is 110 cm³/mol. The predicted octanol–water partition coefficient (Wildman–Crippen LogP) is 1.62. The third-order valence-electron chi connectivity index (χ3n) is 3.94. The number of rotatable bonds is 5. The number of hydrogen-bond acceptors (Lipinski definition) is 7. The van der Waals surface area contributed by atoms with Crippen LogP contribution >= 0.6 is 11.3 Å². The van der Waals surface area contributed by atoms with Crippen LogP contribution in [0, 0.1) is 0 Å². The van der Waals surface area contributed by atoms with Gasteiger partial charge in [0.25, 0.3) is 0 Å². The number of morpholine rings is 1. The van der Waals surface area contributed by atoms with Crippen molar-refractivity contribution in [3.05, 3.63) is 35.2 Å². The van der Waals surface area contributed by atoms with Crippen LogP contribution < -0.4 is 15.6 Å². The molecule has 28 heavy (non-hydrogen) atoms. The van der Waals surface area contributed by atoms with Crippen LogP contribution in [0.3, 0.4) is 0 Å². The molecule has 2 heterocycles. The Morgan fingerprint density at radius 3 is 2.61 bits per heavy atom. The van der Waals surface area contributed by atoms with Gasteiger partial charge in [-0.2, -0.15) is 5.10 Å². The smallest absolute Gasteiger partial charge is 0.329 e. The number of ether oxygens (including phenoxy) is 1. The van der Waals surface area contributed by atoms with Crippen molar-refractivity contribution in [3.63, 3.8) is 0 Å². The topological polar surface area (TPSA) is 95.9 Å². The van der Waals surface area contributed by atoms with Gasteiger partial charge < -0.3 is 15.0 Å². The van der Waals surface area contributed by atoms with Crippen molar-refractivity contribution in [2.75, 3.05) is 31.2 Å². The zero-order valence-corrected chi connectivity index (χ0v) is 16.7. The number of hydrazone groups is 1. The highest BCUT2D eigenvalue weighted by Gasteiger charge is 2.19. The van der Waals surface area contributed by atoms with Crippen LogP contribution in [0.25, 0.3) is 11.3 Å². The van der Waals surface area contributed by atoms with Crippen molar-refractivity contribution in [3.8, 4) is 11.3 Å². The minimum atomic E-state index is -0.802. The number of thiazole rings is 1. The summed E-state index contributed by atoms with van der Waals surface area (Å²) in [5.41, 5.74) is 4.02. The minimum Gasteiger partial charge on any atom is -0.378 e. The van der Waals surface area contributed by atoms with Crippen LogP contribution in [0.1, 0.15) is 18.7 Å². The lowest BCUT2D eigenvalue weighted by molar-refractivity contribution is -0.139. The molecule has 0 atom stereocenters. The first-order chi connectivity index (χ1) is 13.5. The maximum absolute atomic E-state index is 11.8. The fourth-order valence-electron chi connectivity index (χ4n) is 2.63. The van der Waals surface area contributed by atoms with Crippen LogP contribution in [0.5, 0.6) is 0 Å². The van der Waals surface area contributed by atoms with E-state index in [0.29, 0.717) is 13.2 Å². The molecule has 1 saturated heterocycles. The molecule has 3 rings (SSSR count). The van der Waals surface area contributed by atoms with Crippen LogP contribution in [0.15, 0.2) is 35.4 Å². The first kappa shape index (κ1) is 20.0. The van der Waals surface area contributed by atoms with E-state index in [4.69, 9.17) is 9.72 Å². The van der Waals surface area contributed by atoms with Gasteiger partial charge in [-0.15, -0.1) is 0 Å². The molecule has 1 fully saturated rings. The third kappa shape index (κ3) is 5.14. The Balaban J connectivity index is 1.79. The minimum absolute atomic E-state index is 0.121. The molecule has 0 radical (unpaired) electrons. The zero-order chi connectivity index (χ0) is 19.9. The molecule has 2 amide bonds. The SMILES string of the molecule is CC(C)NC(=O)C(=O)N/N=C\c1sc(N2CCOCC2)nc1-c1ccccc1. The van der Waals surface area contributed by atoms with Gasteiger partial charge in [0.2, 0.25) is 0 Å². The average molecular weight is 401 g/mol. The van der Waals surface area contributed by atoms with E-state index >= 15 is 0 Å². The lowest BCUT2D eigenvalue weighted by Crippen LogP contribution is -2.41. The molecule has 8 nitrogen and oxygen atoms in total. The Labute approximate surface area is 167 Å². The van der Waals surface area contributed by atoms with Gasteiger partial charge in [-0.25, -0.2) is 10.4 Å². The summed E-state index contributed by atoms with van der Waals surface area (Å²) < 4.78 is 5.41. The summed E-state index contributed by atoms with van der Waals surface area (Å²) in [6.45, 7) is 6.47. The first-order valence-corrected chi connectivity index (χ1v) is 9.89. The maximum atomic E-state index is 11.8. The van der Waals surface area contributed by atoms with E-state index in [2.05, 4.69) is 20.7 Å². The van der Waals surface area contributed by atoms with E-state index in [-0.39, 0.29) is 6.04 Å². The highest BCUT2D eigenvalue weighted by atomic mass is 32.1. The summed E-state index contributed by atoms with van der Waals surface area (Å²) in [6.07, 6.45) is 1.53. The Bertz CT molecular complexity index is 845. The van der Waals surface area contributed by atoms with Crippen LogP contribution in [-0.4, -0.2) is 55.4 Å².